The quantitative estimate of drug-likeness (QED) is 0.873. The number of nitrogens with zero attached hydrogens (tertiary/aromatic N) is 3. The van der Waals surface area contributed by atoms with Gasteiger partial charge in [0, 0.05) is 6.42 Å². The summed E-state index contributed by atoms with van der Waals surface area (Å²) in [7, 11) is 0. The number of aromatic nitrogens is 4. The Hall–Kier alpha value is -1.69. The van der Waals surface area contributed by atoms with Gasteiger partial charge in [-0.1, -0.05) is 19.0 Å². The fourth-order valence-corrected chi connectivity index (χ4v) is 2.36. The highest BCUT2D eigenvalue weighted by atomic mass is 16.5. The van der Waals surface area contributed by atoms with Gasteiger partial charge >= 0.3 is 0 Å². The minimum atomic E-state index is -0.293. The molecule has 0 aromatic carbocycles. The first-order chi connectivity index (χ1) is 9.57. The molecule has 1 saturated carbocycles. The van der Waals surface area contributed by atoms with E-state index in [-0.39, 0.29) is 5.54 Å². The number of H-pyrrole nitrogens is 1. The fraction of sp³-hybridized carbons (Fsp3) is 0.643. The zero-order chi connectivity index (χ0) is 14.2. The average molecular weight is 275 g/mol. The molecule has 0 spiro atoms. The number of aryl methyl sites for hydroxylation is 1. The second kappa shape index (κ2) is 5.01. The number of hydrogen-bond acceptors (Lipinski definition) is 5. The SMILES string of the molecule is CC(C)CCc1noc(-c2cnc(C3(N)CCC3)[nH]2)n1. The minimum Gasteiger partial charge on any atom is -0.336 e. The first kappa shape index (κ1) is 13.3. The third kappa shape index (κ3) is 2.47. The number of nitrogens with two attached hydrogens (primary N) is 1. The minimum absolute atomic E-state index is 0.293. The lowest BCUT2D eigenvalue weighted by atomic mass is 9.77. The molecule has 2 aromatic rings. The fourth-order valence-electron chi connectivity index (χ4n) is 2.36. The van der Waals surface area contributed by atoms with Gasteiger partial charge < -0.3 is 15.2 Å². The molecule has 0 radical (unpaired) electrons. The first-order valence-corrected chi connectivity index (χ1v) is 7.24. The summed E-state index contributed by atoms with van der Waals surface area (Å²) < 4.78 is 5.29. The predicted octanol–water partition coefficient (Wildman–Crippen LogP) is 2.39. The van der Waals surface area contributed by atoms with E-state index >= 15 is 0 Å². The van der Waals surface area contributed by atoms with Crippen LogP contribution in [0.3, 0.4) is 0 Å². The van der Waals surface area contributed by atoms with E-state index in [4.69, 9.17) is 10.3 Å². The van der Waals surface area contributed by atoms with Gasteiger partial charge in [-0.15, -0.1) is 0 Å². The molecule has 3 N–H and O–H groups in total. The molecule has 0 saturated heterocycles. The van der Waals surface area contributed by atoms with E-state index in [2.05, 4.69) is 34.0 Å². The van der Waals surface area contributed by atoms with Crippen LogP contribution in [0, 0.1) is 5.92 Å². The largest absolute Gasteiger partial charge is 0.336 e. The van der Waals surface area contributed by atoms with Crippen molar-refractivity contribution < 1.29 is 4.52 Å². The third-order valence-electron chi connectivity index (χ3n) is 3.94. The molecular formula is C14H21N5O. The van der Waals surface area contributed by atoms with E-state index in [0.717, 1.165) is 49.4 Å². The van der Waals surface area contributed by atoms with Gasteiger partial charge in [0.1, 0.15) is 11.5 Å². The van der Waals surface area contributed by atoms with Gasteiger partial charge in [-0.25, -0.2) is 4.98 Å². The lowest BCUT2D eigenvalue weighted by molar-refractivity contribution is 0.240. The highest BCUT2D eigenvalue weighted by Crippen LogP contribution is 2.37. The van der Waals surface area contributed by atoms with Gasteiger partial charge in [-0.3, -0.25) is 0 Å². The van der Waals surface area contributed by atoms with Crippen molar-refractivity contribution in [1.29, 1.82) is 0 Å². The molecule has 3 rings (SSSR count). The zero-order valence-corrected chi connectivity index (χ0v) is 12.0. The Balaban J connectivity index is 1.73. The van der Waals surface area contributed by atoms with Crippen LogP contribution in [0.2, 0.25) is 0 Å². The molecule has 2 aromatic heterocycles. The Morgan fingerprint density at radius 2 is 2.25 bits per heavy atom. The van der Waals surface area contributed by atoms with Crippen molar-refractivity contribution in [3.05, 3.63) is 17.8 Å². The molecule has 0 unspecified atom stereocenters. The Morgan fingerprint density at radius 3 is 2.90 bits per heavy atom. The highest BCUT2D eigenvalue weighted by molar-refractivity contribution is 5.45. The van der Waals surface area contributed by atoms with Crippen LogP contribution in [-0.4, -0.2) is 20.1 Å². The summed E-state index contributed by atoms with van der Waals surface area (Å²) in [5.74, 6) is 2.69. The molecule has 1 aliphatic carbocycles. The highest BCUT2D eigenvalue weighted by Gasteiger charge is 2.37. The maximum Gasteiger partial charge on any atom is 0.275 e. The molecule has 2 heterocycles. The van der Waals surface area contributed by atoms with Crippen molar-refractivity contribution in [2.45, 2.75) is 51.5 Å². The second-order valence-corrected chi connectivity index (χ2v) is 6.10. The smallest absolute Gasteiger partial charge is 0.275 e. The van der Waals surface area contributed by atoms with Crippen molar-refractivity contribution in [3.8, 4) is 11.6 Å². The number of nitrogens with one attached hydrogen (secondary N) is 1. The van der Waals surface area contributed by atoms with E-state index < -0.39 is 0 Å². The molecule has 6 heteroatoms. The zero-order valence-electron chi connectivity index (χ0n) is 12.0. The van der Waals surface area contributed by atoms with Crippen LogP contribution in [0.1, 0.15) is 51.2 Å². The number of aromatic amines is 1. The molecule has 0 amide bonds. The maximum atomic E-state index is 6.24. The lowest BCUT2D eigenvalue weighted by Gasteiger charge is -2.35. The molecule has 0 bridgehead atoms. The van der Waals surface area contributed by atoms with Crippen molar-refractivity contribution in [1.82, 2.24) is 20.1 Å². The van der Waals surface area contributed by atoms with Crippen molar-refractivity contribution in [2.75, 3.05) is 0 Å². The standard InChI is InChI=1S/C14H21N5O/c1-9(2)4-5-11-18-12(20-19-11)10-8-16-13(17-10)14(15)6-3-7-14/h8-9H,3-7,15H2,1-2H3,(H,16,17). The topological polar surface area (TPSA) is 93.6 Å². The number of imidazole rings is 1. The van der Waals surface area contributed by atoms with E-state index in [9.17, 15) is 0 Å². The van der Waals surface area contributed by atoms with Crippen molar-refractivity contribution in [3.63, 3.8) is 0 Å². The maximum absolute atomic E-state index is 6.24. The summed E-state index contributed by atoms with van der Waals surface area (Å²) in [5, 5.41) is 4.00. The predicted molar refractivity (Wildman–Crippen MR) is 74.8 cm³/mol. The second-order valence-electron chi connectivity index (χ2n) is 6.10. The summed E-state index contributed by atoms with van der Waals surface area (Å²) in [4.78, 5) is 12.0. The van der Waals surface area contributed by atoms with E-state index in [1.54, 1.807) is 6.20 Å². The van der Waals surface area contributed by atoms with E-state index in [0.29, 0.717) is 11.8 Å². The Labute approximate surface area is 118 Å². The molecular weight excluding hydrogens is 254 g/mol. The van der Waals surface area contributed by atoms with Gasteiger partial charge in [0.2, 0.25) is 0 Å². The Bertz CT molecular complexity index is 582. The van der Waals surface area contributed by atoms with Crippen LogP contribution < -0.4 is 5.73 Å². The summed E-state index contributed by atoms with van der Waals surface area (Å²) in [6.07, 6.45) is 6.73. The third-order valence-corrected chi connectivity index (χ3v) is 3.94. The monoisotopic (exact) mass is 275 g/mol. The number of rotatable bonds is 5. The Morgan fingerprint density at radius 1 is 1.45 bits per heavy atom. The average Bonchev–Trinajstić information content (AvgIpc) is 3.02. The van der Waals surface area contributed by atoms with Crippen LogP contribution in [0.4, 0.5) is 0 Å². The summed E-state index contributed by atoms with van der Waals surface area (Å²) in [5.41, 5.74) is 6.70. The van der Waals surface area contributed by atoms with Crippen LogP contribution in [-0.2, 0) is 12.0 Å². The van der Waals surface area contributed by atoms with E-state index in [1.165, 1.54) is 0 Å². The van der Waals surface area contributed by atoms with Gasteiger partial charge in [0.15, 0.2) is 5.82 Å². The van der Waals surface area contributed by atoms with Crippen molar-refractivity contribution >= 4 is 0 Å². The van der Waals surface area contributed by atoms with E-state index in [1.807, 2.05) is 0 Å². The van der Waals surface area contributed by atoms with Crippen LogP contribution in [0.25, 0.3) is 11.6 Å². The molecule has 0 atom stereocenters. The number of hydrogen-bond donors (Lipinski definition) is 2. The summed E-state index contributed by atoms with van der Waals surface area (Å²) >= 11 is 0. The molecule has 108 valence electrons. The molecule has 1 fully saturated rings. The van der Waals surface area contributed by atoms with Gasteiger partial charge in [-0.2, -0.15) is 4.98 Å². The molecule has 20 heavy (non-hydrogen) atoms. The van der Waals surface area contributed by atoms with Crippen molar-refractivity contribution in [2.24, 2.45) is 11.7 Å². The summed E-state index contributed by atoms with van der Waals surface area (Å²) in [6, 6.07) is 0. The van der Waals surface area contributed by atoms with Gasteiger partial charge in [0.05, 0.1) is 11.7 Å². The molecule has 6 nitrogen and oxygen atoms in total. The normalized spacial score (nSPS) is 17.4. The Kier molecular flexibility index (Phi) is 3.33. The van der Waals surface area contributed by atoms with Gasteiger partial charge in [-0.05, 0) is 31.6 Å². The van der Waals surface area contributed by atoms with Crippen LogP contribution in [0.15, 0.2) is 10.7 Å². The molecule has 1 aliphatic rings. The van der Waals surface area contributed by atoms with Crippen LogP contribution >= 0.6 is 0 Å². The summed E-state index contributed by atoms with van der Waals surface area (Å²) in [6.45, 7) is 4.36. The lowest BCUT2D eigenvalue weighted by Crippen LogP contribution is -2.44. The molecule has 0 aliphatic heterocycles. The van der Waals surface area contributed by atoms with Crippen LogP contribution in [0.5, 0.6) is 0 Å². The van der Waals surface area contributed by atoms with Gasteiger partial charge in [0.25, 0.3) is 5.89 Å². The first-order valence-electron chi connectivity index (χ1n) is 7.24.